The number of hydrogen-bond acceptors (Lipinski definition) is 5. The van der Waals surface area contributed by atoms with Crippen LogP contribution in [0.25, 0.3) is 0 Å². The normalized spacial score (nSPS) is 33.5. The molecule has 0 heterocycles. The zero-order chi connectivity index (χ0) is 59.6. The fourth-order valence-corrected chi connectivity index (χ4v) is 16.3. The van der Waals surface area contributed by atoms with Crippen molar-refractivity contribution in [1.29, 1.82) is 0 Å². The minimum atomic E-state index is -0.497. The Morgan fingerprint density at radius 1 is 0.575 bits per heavy atom. The lowest BCUT2D eigenvalue weighted by molar-refractivity contribution is -0.0312. The molecule has 0 amide bonds. The summed E-state index contributed by atoms with van der Waals surface area (Å²) in [6.07, 6.45) is 46.9. The zero-order valence-corrected chi connectivity index (χ0v) is 54.6. The quantitative estimate of drug-likeness (QED) is 0.0657. The molecule has 10 aliphatic rings. The second kappa shape index (κ2) is 31.9. The second-order valence-corrected chi connectivity index (χ2v) is 29.0. The third kappa shape index (κ3) is 18.6. The maximum atomic E-state index is 10.5. The lowest BCUT2D eigenvalue weighted by Gasteiger charge is -2.58. The summed E-state index contributed by atoms with van der Waals surface area (Å²) in [7, 11) is 0. The van der Waals surface area contributed by atoms with E-state index in [-0.39, 0.29) is 26.4 Å². The fourth-order valence-electron chi connectivity index (χ4n) is 16.3. The Morgan fingerprint density at radius 3 is 1.56 bits per heavy atom. The number of rotatable bonds is 23. The van der Waals surface area contributed by atoms with Crippen molar-refractivity contribution in [2.45, 2.75) is 258 Å². The van der Waals surface area contributed by atoms with Gasteiger partial charge in [0, 0.05) is 0 Å². The molecule has 0 radical (unpaired) electrons. The van der Waals surface area contributed by atoms with E-state index in [4.69, 9.17) is 20.4 Å². The van der Waals surface area contributed by atoms with Gasteiger partial charge in [-0.1, -0.05) is 145 Å². The standard InChI is InChI=1S/3C15H24O.2C15H26O/c1-10(9-16)5-4-6-14(2)11-7-12-13(8-11)15(12,14)3;1-11(10-16)5-4-8-15(3)12(2)13-6-7-14(15)9-13;1-11(10-16)5-4-8-15(3)13-7-6-12(2)14(15)9-13;1-12(2)6-5-11-15(4,16)14-9-7-13(3)8-10-14;1-13(2)7-5-8-14(3)9-6-10-15(4)11-12-16/h5,11-13,16H,4,6-9H2,1-3H3;5,13-14,16H,2,4,6-10H2,1,3H3;5-6,13-14,16H,4,7-10H2,1-3H3;6-7,14,16H,5,8-11H2,1-4H3;7,9,11,16H,5-6,8,10,12H2,1-4H3/b10-5-;2*11-5-;;14-9+,15-11+/t;;13-,14-,15+;14-,15?;/m..00./s1. The molecule has 10 aliphatic carbocycles. The van der Waals surface area contributed by atoms with Crippen LogP contribution in [0, 0.1) is 69.0 Å². The van der Waals surface area contributed by atoms with Crippen LogP contribution in [0.4, 0.5) is 0 Å². The van der Waals surface area contributed by atoms with Crippen molar-refractivity contribution in [2.75, 3.05) is 26.4 Å². The Balaban J connectivity index is 0.000000215. The first-order valence-electron chi connectivity index (χ1n) is 32.4. The summed E-state index contributed by atoms with van der Waals surface area (Å²) in [4.78, 5) is 0. The van der Waals surface area contributed by atoms with E-state index in [1.54, 1.807) is 5.57 Å². The Bertz CT molecular complexity index is 2250. The van der Waals surface area contributed by atoms with E-state index >= 15 is 0 Å². The van der Waals surface area contributed by atoms with Crippen LogP contribution in [0.1, 0.15) is 252 Å². The molecule has 7 fully saturated rings. The second-order valence-electron chi connectivity index (χ2n) is 29.0. The van der Waals surface area contributed by atoms with Crippen molar-refractivity contribution in [3.8, 4) is 0 Å². The number of allylic oxidation sites excluding steroid dienone is 15. The summed E-state index contributed by atoms with van der Waals surface area (Å²) in [6, 6.07) is 0. The van der Waals surface area contributed by atoms with Crippen molar-refractivity contribution in [3.63, 3.8) is 0 Å². The van der Waals surface area contributed by atoms with Crippen LogP contribution in [0.5, 0.6) is 0 Å². The smallest absolute Gasteiger partial charge is 0.0653 e. The van der Waals surface area contributed by atoms with E-state index in [0.717, 1.165) is 135 Å². The number of aliphatic hydroxyl groups excluding tert-OH is 4. The Hall–Kier alpha value is -2.80. The van der Waals surface area contributed by atoms with Gasteiger partial charge in [-0.2, -0.15) is 0 Å². The Kier molecular flexibility index (Phi) is 27.8. The highest BCUT2D eigenvalue weighted by Gasteiger charge is 2.80. The molecule has 454 valence electrons. The molecular weight excluding hydrogens is 981 g/mol. The zero-order valence-electron chi connectivity index (χ0n) is 54.6. The van der Waals surface area contributed by atoms with Gasteiger partial charge in [0.15, 0.2) is 0 Å². The lowest BCUT2D eigenvalue weighted by atomic mass is 9.47. The van der Waals surface area contributed by atoms with E-state index in [0.29, 0.717) is 27.6 Å². The van der Waals surface area contributed by atoms with Crippen LogP contribution in [0.2, 0.25) is 0 Å². The molecule has 80 heavy (non-hydrogen) atoms. The number of fused-ring (bicyclic) bond motifs is 3. The summed E-state index contributed by atoms with van der Waals surface area (Å²) in [6.45, 7) is 40.4. The van der Waals surface area contributed by atoms with Crippen molar-refractivity contribution in [2.24, 2.45) is 69.0 Å². The largest absolute Gasteiger partial charge is 0.392 e. The first-order chi connectivity index (χ1) is 37.7. The third-order valence-corrected chi connectivity index (χ3v) is 22.7. The summed E-state index contributed by atoms with van der Waals surface area (Å²) in [5.74, 6) is 7.07. The van der Waals surface area contributed by atoms with E-state index < -0.39 is 5.60 Å². The van der Waals surface area contributed by atoms with Crippen molar-refractivity contribution in [3.05, 3.63) is 117 Å². The first kappa shape index (κ1) is 69.7. The van der Waals surface area contributed by atoms with Crippen LogP contribution in [-0.4, -0.2) is 57.6 Å². The summed E-state index contributed by atoms with van der Waals surface area (Å²) in [5, 5.41) is 46.1. The first-order valence-corrected chi connectivity index (χ1v) is 32.4. The van der Waals surface area contributed by atoms with Crippen molar-refractivity contribution < 1.29 is 25.5 Å². The van der Waals surface area contributed by atoms with Crippen LogP contribution in [0.3, 0.4) is 0 Å². The fraction of sp³-hybridized carbons (Fsp3) is 0.733. The molecule has 0 saturated heterocycles. The van der Waals surface area contributed by atoms with Gasteiger partial charge in [0.2, 0.25) is 0 Å². The van der Waals surface area contributed by atoms with Gasteiger partial charge < -0.3 is 25.5 Å². The molecule has 7 saturated carbocycles. The lowest BCUT2D eigenvalue weighted by Crippen LogP contribution is -2.49. The highest BCUT2D eigenvalue weighted by molar-refractivity contribution is 5.29. The van der Waals surface area contributed by atoms with Crippen molar-refractivity contribution >= 4 is 0 Å². The summed E-state index contributed by atoms with van der Waals surface area (Å²) in [5.41, 5.74) is 15.2. The third-order valence-electron chi connectivity index (χ3n) is 22.7. The molecule has 0 aromatic carbocycles. The molecule has 10 rings (SSSR count). The predicted octanol–water partition coefficient (Wildman–Crippen LogP) is 19.4. The van der Waals surface area contributed by atoms with Gasteiger partial charge in [0.1, 0.15) is 0 Å². The Morgan fingerprint density at radius 2 is 1.10 bits per heavy atom. The molecule has 5 N–H and O–H groups in total. The molecule has 0 aromatic heterocycles. The highest BCUT2D eigenvalue weighted by Crippen LogP contribution is 2.87. The van der Waals surface area contributed by atoms with Crippen LogP contribution >= 0.6 is 0 Å². The Labute approximate surface area is 493 Å². The average Bonchev–Trinajstić information content (AvgIpc) is 4.08. The van der Waals surface area contributed by atoms with Gasteiger partial charge in [-0.15, -0.1) is 0 Å². The molecule has 7 unspecified atom stereocenters. The summed E-state index contributed by atoms with van der Waals surface area (Å²) < 4.78 is 0. The number of hydrogen-bond donors (Lipinski definition) is 5. The maximum absolute atomic E-state index is 10.5. The molecular formula is C75H124O5. The predicted molar refractivity (Wildman–Crippen MR) is 345 cm³/mol. The monoisotopic (exact) mass is 1100 g/mol. The minimum absolute atomic E-state index is 0.162. The van der Waals surface area contributed by atoms with Crippen LogP contribution < -0.4 is 0 Å². The molecule has 5 heteroatoms. The van der Waals surface area contributed by atoms with Gasteiger partial charge in [0.25, 0.3) is 0 Å². The van der Waals surface area contributed by atoms with Crippen LogP contribution in [-0.2, 0) is 0 Å². The SMILES string of the molecule is C/C(=C/CCC1(C)C2CC3C(C2)C31C)CO.C=C1C2CCC(C2)C1(C)CC/C=C(/C)CO.CC(C)=CCC/C(C)=C/CC/C(C)=C/CO.CC(C)=CCCC(C)(O)[C@H]1CC=C(C)CC1.CC1=CC[C@H]2C[C@@H]1[C@]2(C)CC/C=C(/C)CO. The van der Waals surface area contributed by atoms with Gasteiger partial charge >= 0.3 is 0 Å². The molecule has 0 spiro atoms. The van der Waals surface area contributed by atoms with E-state index in [1.807, 2.05) is 33.8 Å². The summed E-state index contributed by atoms with van der Waals surface area (Å²) >= 11 is 0. The van der Waals surface area contributed by atoms with Crippen LogP contribution in [0.15, 0.2) is 117 Å². The minimum Gasteiger partial charge on any atom is -0.392 e. The van der Waals surface area contributed by atoms with Crippen molar-refractivity contribution in [1.82, 2.24) is 0 Å². The van der Waals surface area contributed by atoms with E-state index in [1.165, 1.54) is 97.6 Å². The molecule has 5 nitrogen and oxygen atoms in total. The van der Waals surface area contributed by atoms with Gasteiger partial charge in [-0.05, 0) is 293 Å². The molecule has 8 bridgehead atoms. The van der Waals surface area contributed by atoms with E-state index in [2.05, 4.69) is 138 Å². The van der Waals surface area contributed by atoms with E-state index in [9.17, 15) is 5.11 Å². The van der Waals surface area contributed by atoms with Gasteiger partial charge in [-0.25, -0.2) is 0 Å². The topological polar surface area (TPSA) is 101 Å². The molecule has 0 aromatic rings. The van der Waals surface area contributed by atoms with Gasteiger partial charge in [-0.3, -0.25) is 0 Å². The average molecular weight is 1110 g/mol. The molecule has 11 atom stereocenters. The van der Waals surface area contributed by atoms with Gasteiger partial charge in [0.05, 0.1) is 32.0 Å². The number of aliphatic hydroxyl groups is 5. The highest BCUT2D eigenvalue weighted by atomic mass is 16.3. The maximum Gasteiger partial charge on any atom is 0.0653 e. The molecule has 0 aliphatic heterocycles.